The van der Waals surface area contributed by atoms with E-state index in [1.54, 1.807) is 24.5 Å². The first-order valence-electron chi connectivity index (χ1n) is 7.85. The Kier molecular flexibility index (Phi) is 3.61. The van der Waals surface area contributed by atoms with Crippen LogP contribution in [0.15, 0.2) is 58.4 Å². The summed E-state index contributed by atoms with van der Waals surface area (Å²) in [6.45, 7) is 3.76. The highest BCUT2D eigenvalue weighted by Gasteiger charge is 2.19. The molecule has 0 aliphatic carbocycles. The van der Waals surface area contributed by atoms with Crippen molar-refractivity contribution in [1.82, 2.24) is 24.7 Å². The number of rotatable bonds is 3. The van der Waals surface area contributed by atoms with E-state index in [1.807, 2.05) is 32.0 Å². The third-order valence-corrected chi connectivity index (χ3v) is 4.15. The van der Waals surface area contributed by atoms with Gasteiger partial charge in [0.25, 0.3) is 5.56 Å². The van der Waals surface area contributed by atoms with Crippen molar-refractivity contribution in [1.29, 1.82) is 0 Å². The second kappa shape index (κ2) is 5.94. The minimum absolute atomic E-state index is 0.137. The fourth-order valence-electron chi connectivity index (χ4n) is 2.73. The van der Waals surface area contributed by atoms with Crippen molar-refractivity contribution in [3.8, 4) is 11.4 Å². The van der Waals surface area contributed by atoms with Crippen LogP contribution in [0.1, 0.15) is 24.4 Å². The number of aromatic nitrogens is 5. The summed E-state index contributed by atoms with van der Waals surface area (Å²) in [5.74, 6) is 0.780. The van der Waals surface area contributed by atoms with E-state index in [1.165, 1.54) is 10.9 Å². The number of hydrogen-bond donors (Lipinski definition) is 0. The molecule has 7 heteroatoms. The molecule has 0 amide bonds. The number of aryl methyl sites for hydroxylation is 1. The van der Waals surface area contributed by atoms with E-state index in [0.717, 1.165) is 11.1 Å². The number of fused-ring (bicyclic) bond motifs is 1. The molecule has 124 valence electrons. The highest BCUT2D eigenvalue weighted by atomic mass is 16.5. The van der Waals surface area contributed by atoms with Crippen molar-refractivity contribution in [2.75, 3.05) is 0 Å². The van der Waals surface area contributed by atoms with Gasteiger partial charge in [-0.15, -0.1) is 0 Å². The van der Waals surface area contributed by atoms with Crippen molar-refractivity contribution in [2.24, 2.45) is 0 Å². The molecule has 3 aromatic heterocycles. The van der Waals surface area contributed by atoms with Crippen LogP contribution in [0.3, 0.4) is 0 Å². The van der Waals surface area contributed by atoms with E-state index in [0.29, 0.717) is 22.6 Å². The molecule has 1 unspecified atom stereocenters. The lowest BCUT2D eigenvalue weighted by Crippen LogP contribution is -2.24. The normalized spacial score (nSPS) is 12.4. The van der Waals surface area contributed by atoms with E-state index in [2.05, 4.69) is 20.1 Å². The van der Waals surface area contributed by atoms with Crippen molar-refractivity contribution >= 4 is 10.9 Å². The van der Waals surface area contributed by atoms with Gasteiger partial charge in [-0.05, 0) is 37.6 Å². The van der Waals surface area contributed by atoms with E-state index >= 15 is 0 Å². The van der Waals surface area contributed by atoms with Crippen LogP contribution in [0.2, 0.25) is 0 Å². The molecule has 1 aromatic carbocycles. The molecule has 0 saturated heterocycles. The minimum Gasteiger partial charge on any atom is -0.337 e. The molecule has 3 heterocycles. The van der Waals surface area contributed by atoms with Crippen LogP contribution < -0.4 is 5.56 Å². The predicted molar refractivity (Wildman–Crippen MR) is 92.1 cm³/mol. The van der Waals surface area contributed by atoms with Gasteiger partial charge in [-0.1, -0.05) is 17.3 Å². The Morgan fingerprint density at radius 3 is 2.88 bits per heavy atom. The molecule has 0 N–H and O–H groups in total. The zero-order valence-electron chi connectivity index (χ0n) is 13.7. The molecule has 0 spiro atoms. The van der Waals surface area contributed by atoms with Crippen LogP contribution in [0.5, 0.6) is 0 Å². The second-order valence-corrected chi connectivity index (χ2v) is 5.80. The average Bonchev–Trinajstić information content (AvgIpc) is 3.13. The van der Waals surface area contributed by atoms with Gasteiger partial charge >= 0.3 is 0 Å². The maximum Gasteiger partial charge on any atom is 0.261 e. The van der Waals surface area contributed by atoms with Gasteiger partial charge in [-0.25, -0.2) is 4.98 Å². The highest BCUT2D eigenvalue weighted by Crippen LogP contribution is 2.20. The van der Waals surface area contributed by atoms with Crippen molar-refractivity contribution < 1.29 is 4.52 Å². The van der Waals surface area contributed by atoms with Crippen LogP contribution in [0.25, 0.3) is 22.3 Å². The molecule has 7 nitrogen and oxygen atoms in total. The van der Waals surface area contributed by atoms with E-state index < -0.39 is 6.04 Å². The molecule has 0 saturated carbocycles. The van der Waals surface area contributed by atoms with Gasteiger partial charge in [0, 0.05) is 18.0 Å². The molecule has 0 radical (unpaired) electrons. The smallest absolute Gasteiger partial charge is 0.261 e. The molecule has 0 bridgehead atoms. The van der Waals surface area contributed by atoms with Crippen LogP contribution in [-0.4, -0.2) is 24.7 Å². The largest absolute Gasteiger partial charge is 0.337 e. The lowest BCUT2D eigenvalue weighted by molar-refractivity contribution is 0.342. The molecule has 0 aliphatic rings. The van der Waals surface area contributed by atoms with Gasteiger partial charge in [0.2, 0.25) is 11.7 Å². The van der Waals surface area contributed by atoms with Crippen LogP contribution >= 0.6 is 0 Å². The predicted octanol–water partition coefficient (Wildman–Crippen LogP) is 2.76. The standard InChI is InChI=1S/C18H15N5O2/c1-11-5-3-7-14-15(11)20-10-23(18(14)24)12(2)17-21-16(22-25-17)13-6-4-8-19-9-13/h3-10,12H,1-2H3. The molecule has 25 heavy (non-hydrogen) atoms. The van der Waals surface area contributed by atoms with Gasteiger partial charge in [0.15, 0.2) is 0 Å². The average molecular weight is 333 g/mol. The van der Waals surface area contributed by atoms with Crippen molar-refractivity contribution in [2.45, 2.75) is 19.9 Å². The second-order valence-electron chi connectivity index (χ2n) is 5.80. The Morgan fingerprint density at radius 1 is 1.20 bits per heavy atom. The third-order valence-electron chi connectivity index (χ3n) is 4.15. The Labute approximate surface area is 143 Å². The molecule has 0 fully saturated rings. The van der Waals surface area contributed by atoms with Gasteiger partial charge < -0.3 is 4.52 Å². The maximum atomic E-state index is 12.8. The molecule has 0 aliphatic heterocycles. The summed E-state index contributed by atoms with van der Waals surface area (Å²) < 4.78 is 6.85. The minimum atomic E-state index is -0.428. The number of benzene rings is 1. The fourth-order valence-corrected chi connectivity index (χ4v) is 2.73. The number of pyridine rings is 1. The quantitative estimate of drug-likeness (QED) is 0.573. The summed E-state index contributed by atoms with van der Waals surface area (Å²) in [6.07, 6.45) is 4.86. The molecule has 1 atom stereocenters. The summed E-state index contributed by atoms with van der Waals surface area (Å²) in [5.41, 5.74) is 2.29. The van der Waals surface area contributed by atoms with E-state index in [4.69, 9.17) is 4.52 Å². The summed E-state index contributed by atoms with van der Waals surface area (Å²) in [5, 5.41) is 4.55. The monoisotopic (exact) mass is 333 g/mol. The molecule has 4 rings (SSSR count). The Balaban J connectivity index is 1.76. The van der Waals surface area contributed by atoms with E-state index in [-0.39, 0.29) is 5.56 Å². The van der Waals surface area contributed by atoms with Crippen LogP contribution in [0.4, 0.5) is 0 Å². The first-order chi connectivity index (χ1) is 12.1. The van der Waals surface area contributed by atoms with Crippen molar-refractivity contribution in [3.63, 3.8) is 0 Å². The van der Waals surface area contributed by atoms with Gasteiger partial charge in [0.1, 0.15) is 6.04 Å². The number of hydrogen-bond acceptors (Lipinski definition) is 6. The molecule has 4 aromatic rings. The fraction of sp³-hybridized carbons (Fsp3) is 0.167. The highest BCUT2D eigenvalue weighted by molar-refractivity contribution is 5.80. The van der Waals surface area contributed by atoms with Crippen molar-refractivity contribution in [3.05, 3.63) is 70.9 Å². The third kappa shape index (κ3) is 2.59. The lowest BCUT2D eigenvalue weighted by atomic mass is 10.1. The summed E-state index contributed by atoms with van der Waals surface area (Å²) in [7, 11) is 0. The van der Waals surface area contributed by atoms with E-state index in [9.17, 15) is 4.79 Å². The molecular weight excluding hydrogens is 318 g/mol. The zero-order chi connectivity index (χ0) is 17.4. The topological polar surface area (TPSA) is 86.7 Å². The van der Waals surface area contributed by atoms with Crippen LogP contribution in [-0.2, 0) is 0 Å². The maximum absolute atomic E-state index is 12.8. The SMILES string of the molecule is Cc1cccc2c(=O)n(C(C)c3nc(-c4cccnc4)no3)cnc12. The first kappa shape index (κ1) is 15.2. The Bertz CT molecular complexity index is 1100. The Morgan fingerprint density at radius 2 is 2.08 bits per heavy atom. The van der Waals surface area contributed by atoms with Gasteiger partial charge in [0.05, 0.1) is 17.2 Å². The number of nitrogens with zero attached hydrogens (tertiary/aromatic N) is 5. The Hall–Kier alpha value is -3.35. The van der Waals surface area contributed by atoms with Gasteiger partial charge in [-0.2, -0.15) is 4.98 Å². The van der Waals surface area contributed by atoms with Crippen LogP contribution in [0, 0.1) is 6.92 Å². The first-order valence-corrected chi connectivity index (χ1v) is 7.85. The molecular formula is C18H15N5O2. The zero-order valence-corrected chi connectivity index (χ0v) is 13.7. The van der Waals surface area contributed by atoms with Gasteiger partial charge in [-0.3, -0.25) is 14.3 Å². The summed E-state index contributed by atoms with van der Waals surface area (Å²) >= 11 is 0. The lowest BCUT2D eigenvalue weighted by Gasteiger charge is -2.11. The number of para-hydroxylation sites is 1. The summed E-state index contributed by atoms with van der Waals surface area (Å²) in [4.78, 5) is 25.6. The summed E-state index contributed by atoms with van der Waals surface area (Å²) in [6, 6.07) is 8.77.